The molecule has 7 rings (SSSR count). The van der Waals surface area contributed by atoms with Crippen LogP contribution < -0.4 is 31.3 Å². The minimum atomic E-state index is -1.05. The predicted molar refractivity (Wildman–Crippen MR) is 211 cm³/mol. The fraction of sp³-hybridized carbons (Fsp3) is 0.238. The predicted octanol–water partition coefficient (Wildman–Crippen LogP) is 7.53. The van der Waals surface area contributed by atoms with E-state index >= 15 is 0 Å². The second kappa shape index (κ2) is 16.4. The number of carbonyl (C=O) groups excluding carboxylic acids is 3. The van der Waals surface area contributed by atoms with Crippen molar-refractivity contribution < 1.29 is 33.8 Å². The van der Waals surface area contributed by atoms with E-state index in [1.54, 1.807) is 18.2 Å². The van der Waals surface area contributed by atoms with Crippen molar-refractivity contribution >= 4 is 57.9 Å². The van der Waals surface area contributed by atoms with Crippen molar-refractivity contribution in [2.45, 2.75) is 37.3 Å². The molecular weight excluding hydrogens is 722 g/mol. The fourth-order valence-corrected chi connectivity index (χ4v) is 7.73. The molecule has 0 saturated carbocycles. The highest BCUT2D eigenvalue weighted by Gasteiger charge is 2.35. The number of fused-ring (bicyclic) bond motifs is 6. The first kappa shape index (κ1) is 37.1. The summed E-state index contributed by atoms with van der Waals surface area (Å²) in [6, 6.07) is 30.9. The number of nitrogens with zero attached hydrogens (tertiary/aromatic N) is 1. The number of rotatable bonds is 13. The van der Waals surface area contributed by atoms with Gasteiger partial charge in [-0.25, -0.2) is 14.4 Å². The van der Waals surface area contributed by atoms with Crippen molar-refractivity contribution in [1.82, 2.24) is 10.6 Å². The van der Waals surface area contributed by atoms with Gasteiger partial charge in [0.1, 0.15) is 25.0 Å². The number of nitrogens with two attached hydrogens (primary N) is 1. The molecule has 2 aliphatic rings. The first-order chi connectivity index (χ1) is 26.7. The Balaban J connectivity index is 0.998. The number of nitrogens with one attached hydrogen (secondary N) is 3. The van der Waals surface area contributed by atoms with E-state index in [9.17, 15) is 24.3 Å². The molecule has 1 unspecified atom stereocenters. The second-order valence-electron chi connectivity index (χ2n) is 13.5. The van der Waals surface area contributed by atoms with Crippen molar-refractivity contribution in [2.75, 3.05) is 35.8 Å². The summed E-state index contributed by atoms with van der Waals surface area (Å²) in [5, 5.41) is 19.7. The Kier molecular flexibility index (Phi) is 11.0. The number of alkyl halides is 1. The van der Waals surface area contributed by atoms with E-state index < -0.39 is 30.2 Å². The minimum Gasteiger partial charge on any atom is -0.488 e. The summed E-state index contributed by atoms with van der Waals surface area (Å²) in [4.78, 5) is 51.2. The van der Waals surface area contributed by atoms with E-state index in [0.717, 1.165) is 44.2 Å². The monoisotopic (exact) mass is 761 g/mol. The Morgan fingerprint density at radius 1 is 0.891 bits per heavy atom. The molecule has 0 saturated heterocycles. The highest BCUT2D eigenvalue weighted by atomic mass is 35.5. The number of carboxylic acid groups (broad SMARTS) is 1. The molecule has 1 heterocycles. The Bertz CT molecular complexity index is 2200. The number of anilines is 2. The van der Waals surface area contributed by atoms with Crippen LogP contribution in [0.1, 0.15) is 46.9 Å². The topological polar surface area (TPSA) is 172 Å². The third-order valence-electron chi connectivity index (χ3n) is 10.1. The van der Waals surface area contributed by atoms with Gasteiger partial charge in [0.2, 0.25) is 5.91 Å². The van der Waals surface area contributed by atoms with E-state index in [2.05, 4.69) is 28.1 Å². The Morgan fingerprint density at radius 2 is 1.55 bits per heavy atom. The lowest BCUT2D eigenvalue weighted by Crippen LogP contribution is -2.44. The van der Waals surface area contributed by atoms with Gasteiger partial charge in [-0.2, -0.15) is 0 Å². The Morgan fingerprint density at radius 3 is 2.20 bits per heavy atom. The number of urea groups is 1. The van der Waals surface area contributed by atoms with Crippen LogP contribution in [0, 0.1) is 0 Å². The lowest BCUT2D eigenvalue weighted by atomic mass is 9.95. The van der Waals surface area contributed by atoms with Gasteiger partial charge in [0.15, 0.2) is 0 Å². The van der Waals surface area contributed by atoms with Crippen LogP contribution in [-0.2, 0) is 16.1 Å². The largest absolute Gasteiger partial charge is 0.488 e. The maximum Gasteiger partial charge on any atom is 0.411 e. The molecule has 5 aromatic carbocycles. The highest BCUT2D eigenvalue weighted by molar-refractivity contribution is 6.19. The van der Waals surface area contributed by atoms with Crippen molar-refractivity contribution in [2.24, 2.45) is 5.73 Å². The quantitative estimate of drug-likeness (QED) is 0.0609. The standard InChI is InChI=1S/C42H40ClN5O7/c43-21-26-22-48(42(52)53)36-20-37(32-12-5-6-13-33(32)38(26)36)54-23-25-15-17-27(18-16-25)46-39(49)35(14-7-19-45-40(44)50)47-41(51)55-24-34-30-10-3-1-8-28(30)29-9-2-4-11-31(29)34/h1-6,8-13,15-18,20,26,34-35H,7,14,19,21-24H2,(H,46,49)(H,47,51)(H,52,53)(H3,44,45,50)/t26-,35?/m1/s1. The van der Waals surface area contributed by atoms with Crippen LogP contribution in [0.25, 0.3) is 21.9 Å². The molecule has 1 aliphatic carbocycles. The summed E-state index contributed by atoms with van der Waals surface area (Å²) in [7, 11) is 0. The number of alkyl carbamates (subject to hydrolysis) is 1. The normalized spacial score (nSPS) is 14.7. The highest BCUT2D eigenvalue weighted by Crippen LogP contribution is 2.46. The van der Waals surface area contributed by atoms with Crippen molar-refractivity contribution in [3.8, 4) is 16.9 Å². The zero-order chi connectivity index (χ0) is 38.5. The first-order valence-corrected chi connectivity index (χ1v) is 18.5. The van der Waals surface area contributed by atoms with E-state index in [0.29, 0.717) is 29.4 Å². The molecule has 13 heteroatoms. The van der Waals surface area contributed by atoms with Crippen LogP contribution >= 0.6 is 11.6 Å². The lowest BCUT2D eigenvalue weighted by molar-refractivity contribution is -0.118. The average molecular weight is 762 g/mol. The summed E-state index contributed by atoms with van der Waals surface area (Å²) >= 11 is 6.25. The first-order valence-electron chi connectivity index (χ1n) is 18.0. The summed E-state index contributed by atoms with van der Waals surface area (Å²) in [6.45, 7) is 0.776. The number of hydrogen-bond donors (Lipinski definition) is 5. The molecule has 0 fully saturated rings. The lowest BCUT2D eigenvalue weighted by Gasteiger charge is -2.20. The number of hydrogen-bond acceptors (Lipinski definition) is 6. The smallest absolute Gasteiger partial charge is 0.411 e. The molecule has 0 radical (unpaired) electrons. The van der Waals surface area contributed by atoms with E-state index in [1.807, 2.05) is 72.8 Å². The summed E-state index contributed by atoms with van der Waals surface area (Å²) in [6.07, 6.45) is -1.20. The number of ether oxygens (including phenoxy) is 2. The fourth-order valence-electron chi connectivity index (χ4n) is 7.48. The molecule has 282 valence electrons. The zero-order valence-corrected chi connectivity index (χ0v) is 30.6. The van der Waals surface area contributed by atoms with Crippen LogP contribution in [0.2, 0.25) is 0 Å². The van der Waals surface area contributed by atoms with Gasteiger partial charge in [-0.3, -0.25) is 9.69 Å². The molecule has 0 aromatic heterocycles. The zero-order valence-electron chi connectivity index (χ0n) is 29.8. The molecule has 6 N–H and O–H groups in total. The average Bonchev–Trinajstić information content (AvgIpc) is 3.73. The number of carbonyl (C=O) groups is 4. The number of benzene rings is 5. The van der Waals surface area contributed by atoms with Crippen molar-refractivity contribution in [3.05, 3.63) is 125 Å². The van der Waals surface area contributed by atoms with Gasteiger partial charge < -0.3 is 36.3 Å². The van der Waals surface area contributed by atoms with Crippen molar-refractivity contribution in [1.29, 1.82) is 0 Å². The molecule has 55 heavy (non-hydrogen) atoms. The third kappa shape index (κ3) is 8.00. The van der Waals surface area contributed by atoms with E-state index in [-0.39, 0.29) is 44.6 Å². The number of amides is 5. The summed E-state index contributed by atoms with van der Waals surface area (Å²) < 4.78 is 12.0. The maximum absolute atomic E-state index is 13.5. The summed E-state index contributed by atoms with van der Waals surface area (Å²) in [5.41, 5.74) is 12.3. The Hall–Kier alpha value is -6.27. The second-order valence-corrected chi connectivity index (χ2v) is 13.8. The SMILES string of the molecule is NC(=O)NCCCC(NC(=O)OCC1c2ccccc2-c2ccccc21)C(=O)Nc1ccc(COc2cc3c(c4ccccc24)[C@H](CCl)CN3C(=O)O)cc1. The minimum absolute atomic E-state index is 0.0912. The van der Waals surface area contributed by atoms with Crippen LogP contribution in [0.3, 0.4) is 0 Å². The summed E-state index contributed by atoms with van der Waals surface area (Å²) in [5.74, 6) is 0.107. The van der Waals surface area contributed by atoms with Gasteiger partial charge >= 0.3 is 18.2 Å². The van der Waals surface area contributed by atoms with E-state index in [4.69, 9.17) is 26.8 Å². The van der Waals surface area contributed by atoms with Crippen LogP contribution in [-0.4, -0.2) is 60.8 Å². The van der Waals surface area contributed by atoms with Crippen LogP contribution in [0.4, 0.5) is 25.8 Å². The maximum atomic E-state index is 13.5. The molecule has 1 aliphatic heterocycles. The van der Waals surface area contributed by atoms with Gasteiger partial charge in [0.05, 0.1) is 5.69 Å². The number of halogens is 1. The molecular formula is C42H40ClN5O7. The van der Waals surface area contributed by atoms with Gasteiger partial charge in [-0.1, -0.05) is 84.9 Å². The number of primary amides is 1. The molecule has 5 aromatic rings. The van der Waals surface area contributed by atoms with Crippen LogP contribution in [0.15, 0.2) is 103 Å². The molecule has 2 atom stereocenters. The van der Waals surface area contributed by atoms with Crippen molar-refractivity contribution in [3.63, 3.8) is 0 Å². The van der Waals surface area contributed by atoms with Gasteiger partial charge in [0.25, 0.3) is 0 Å². The van der Waals surface area contributed by atoms with Crippen LogP contribution in [0.5, 0.6) is 5.75 Å². The van der Waals surface area contributed by atoms with Gasteiger partial charge in [-0.05, 0) is 63.7 Å². The van der Waals surface area contributed by atoms with Gasteiger partial charge in [-0.15, -0.1) is 11.6 Å². The Labute approximate surface area is 322 Å². The molecule has 0 bridgehead atoms. The molecule has 5 amide bonds. The molecule has 12 nitrogen and oxygen atoms in total. The molecule has 0 spiro atoms. The van der Waals surface area contributed by atoms with Gasteiger partial charge in [0, 0.05) is 47.9 Å². The third-order valence-corrected chi connectivity index (χ3v) is 10.5. The van der Waals surface area contributed by atoms with E-state index in [1.165, 1.54) is 4.90 Å².